The van der Waals surface area contributed by atoms with Crippen LogP contribution in [-0.2, 0) is 11.2 Å². The number of carboxylic acids is 1. The number of halogens is 1. The molecule has 0 aromatic carbocycles. The van der Waals surface area contributed by atoms with E-state index in [0.29, 0.717) is 5.22 Å². The van der Waals surface area contributed by atoms with Crippen LogP contribution in [0, 0.1) is 0 Å². The molecule has 0 saturated heterocycles. The van der Waals surface area contributed by atoms with E-state index in [-0.39, 0.29) is 12.3 Å². The van der Waals surface area contributed by atoms with Gasteiger partial charge in [-0.05, 0) is 35.6 Å². The average molecular weight is 201 g/mol. The highest BCUT2D eigenvalue weighted by atomic mass is 35.5. The first-order chi connectivity index (χ1) is 6.16. The lowest BCUT2D eigenvalue weighted by Gasteiger charge is -2.03. The van der Waals surface area contributed by atoms with Crippen molar-refractivity contribution < 1.29 is 14.3 Å². The Kier molecular flexibility index (Phi) is 2.04. The van der Waals surface area contributed by atoms with Crippen LogP contribution in [0.15, 0.2) is 10.5 Å². The summed E-state index contributed by atoms with van der Waals surface area (Å²) in [5.74, 6) is 0.176. The lowest BCUT2D eigenvalue weighted by atomic mass is 10.0. The highest BCUT2D eigenvalue weighted by Crippen LogP contribution is 2.38. The fourth-order valence-corrected chi connectivity index (χ4v) is 2.04. The maximum absolute atomic E-state index is 10.5. The Morgan fingerprint density at radius 3 is 3.23 bits per heavy atom. The molecule has 1 heterocycles. The number of aryl methyl sites for hydroxylation is 1. The summed E-state index contributed by atoms with van der Waals surface area (Å²) in [6.07, 6.45) is 1.83. The van der Waals surface area contributed by atoms with Gasteiger partial charge in [0, 0.05) is 6.42 Å². The Bertz CT molecular complexity index is 343. The summed E-state index contributed by atoms with van der Waals surface area (Å²) >= 11 is 5.67. The Balaban J connectivity index is 2.22. The van der Waals surface area contributed by atoms with Gasteiger partial charge in [0.25, 0.3) is 0 Å². The topological polar surface area (TPSA) is 50.4 Å². The van der Waals surface area contributed by atoms with Crippen LogP contribution >= 0.6 is 11.6 Å². The predicted octanol–water partition coefficient (Wildman–Crippen LogP) is 2.44. The van der Waals surface area contributed by atoms with Crippen molar-refractivity contribution >= 4 is 17.6 Å². The molecular weight excluding hydrogens is 192 g/mol. The van der Waals surface area contributed by atoms with Crippen molar-refractivity contribution in [1.29, 1.82) is 0 Å². The van der Waals surface area contributed by atoms with Gasteiger partial charge in [0.1, 0.15) is 5.76 Å². The SMILES string of the molecule is O=C(O)CC1CCc2oc(Cl)cc21. The number of carboxylic acid groups (broad SMARTS) is 1. The summed E-state index contributed by atoms with van der Waals surface area (Å²) in [6.45, 7) is 0. The van der Waals surface area contributed by atoms with Crippen molar-refractivity contribution in [1.82, 2.24) is 0 Å². The van der Waals surface area contributed by atoms with E-state index in [0.717, 1.165) is 24.2 Å². The number of carbonyl (C=O) groups is 1. The molecule has 1 aromatic rings. The van der Waals surface area contributed by atoms with E-state index in [4.69, 9.17) is 21.1 Å². The van der Waals surface area contributed by atoms with E-state index in [1.807, 2.05) is 0 Å². The second-order valence-electron chi connectivity index (χ2n) is 3.26. The minimum atomic E-state index is -0.768. The molecule has 0 fully saturated rings. The third-order valence-electron chi connectivity index (χ3n) is 2.39. The zero-order chi connectivity index (χ0) is 9.42. The molecule has 1 atom stereocenters. The fraction of sp³-hybridized carbons (Fsp3) is 0.444. The monoisotopic (exact) mass is 200 g/mol. The van der Waals surface area contributed by atoms with Gasteiger partial charge in [0.2, 0.25) is 0 Å². The molecule has 4 heteroatoms. The van der Waals surface area contributed by atoms with E-state index in [1.165, 1.54) is 0 Å². The number of aliphatic carboxylic acids is 1. The van der Waals surface area contributed by atoms with Gasteiger partial charge in [-0.1, -0.05) is 0 Å². The van der Waals surface area contributed by atoms with Gasteiger partial charge in [-0.3, -0.25) is 4.79 Å². The Labute approximate surface area is 80.3 Å². The fourth-order valence-electron chi connectivity index (χ4n) is 1.83. The van der Waals surface area contributed by atoms with Crippen molar-refractivity contribution in [3.8, 4) is 0 Å². The van der Waals surface area contributed by atoms with E-state index >= 15 is 0 Å². The predicted molar refractivity (Wildman–Crippen MR) is 47.0 cm³/mol. The smallest absolute Gasteiger partial charge is 0.303 e. The maximum atomic E-state index is 10.5. The molecule has 2 rings (SSSR count). The molecule has 70 valence electrons. The summed E-state index contributed by atoms with van der Waals surface area (Å²) in [6, 6.07) is 1.73. The van der Waals surface area contributed by atoms with Gasteiger partial charge < -0.3 is 9.52 Å². The largest absolute Gasteiger partial charge is 0.481 e. The number of hydrogen-bond acceptors (Lipinski definition) is 2. The van der Waals surface area contributed by atoms with Gasteiger partial charge in [-0.25, -0.2) is 0 Å². The molecule has 3 nitrogen and oxygen atoms in total. The molecule has 1 N–H and O–H groups in total. The molecular formula is C9H9ClO3. The number of hydrogen-bond donors (Lipinski definition) is 1. The van der Waals surface area contributed by atoms with Crippen LogP contribution in [0.25, 0.3) is 0 Å². The molecule has 13 heavy (non-hydrogen) atoms. The van der Waals surface area contributed by atoms with Crippen molar-refractivity contribution in [3.63, 3.8) is 0 Å². The van der Waals surface area contributed by atoms with Gasteiger partial charge in [-0.15, -0.1) is 0 Å². The standard InChI is InChI=1S/C9H9ClO3/c10-8-4-6-5(3-9(11)12)1-2-7(6)13-8/h4-5H,1-3H2,(H,11,12). The first kappa shape index (κ1) is 8.63. The minimum Gasteiger partial charge on any atom is -0.481 e. The summed E-state index contributed by atoms with van der Waals surface area (Å²) in [7, 11) is 0. The van der Waals surface area contributed by atoms with Gasteiger partial charge in [0.05, 0.1) is 6.42 Å². The molecule has 1 unspecified atom stereocenters. The van der Waals surface area contributed by atoms with Gasteiger partial charge in [0.15, 0.2) is 5.22 Å². The van der Waals surface area contributed by atoms with Crippen LogP contribution < -0.4 is 0 Å². The normalized spacial score (nSPS) is 20.2. The first-order valence-corrected chi connectivity index (χ1v) is 4.54. The van der Waals surface area contributed by atoms with Crippen molar-refractivity contribution in [3.05, 3.63) is 22.6 Å². The van der Waals surface area contributed by atoms with E-state index in [2.05, 4.69) is 0 Å². The van der Waals surface area contributed by atoms with Crippen LogP contribution in [0.2, 0.25) is 5.22 Å². The van der Waals surface area contributed by atoms with Crippen LogP contribution in [0.3, 0.4) is 0 Å². The second-order valence-corrected chi connectivity index (χ2v) is 3.64. The van der Waals surface area contributed by atoms with Crippen LogP contribution in [0.5, 0.6) is 0 Å². The van der Waals surface area contributed by atoms with Crippen LogP contribution in [0.4, 0.5) is 0 Å². The zero-order valence-electron chi connectivity index (χ0n) is 6.92. The molecule has 0 aliphatic heterocycles. The molecule has 0 radical (unpaired) electrons. The summed E-state index contributed by atoms with van der Waals surface area (Å²) in [5.41, 5.74) is 0.979. The maximum Gasteiger partial charge on any atom is 0.303 e. The lowest BCUT2D eigenvalue weighted by molar-refractivity contribution is -0.137. The molecule has 0 amide bonds. The van der Waals surface area contributed by atoms with Crippen molar-refractivity contribution in [2.75, 3.05) is 0 Å². The second kappa shape index (κ2) is 3.07. The molecule has 1 aliphatic rings. The van der Waals surface area contributed by atoms with Crippen LogP contribution in [0.1, 0.15) is 30.1 Å². The number of fused-ring (bicyclic) bond motifs is 1. The molecule has 1 aliphatic carbocycles. The Morgan fingerprint density at radius 1 is 1.77 bits per heavy atom. The van der Waals surface area contributed by atoms with Crippen molar-refractivity contribution in [2.45, 2.75) is 25.2 Å². The lowest BCUT2D eigenvalue weighted by Crippen LogP contribution is -2.02. The van der Waals surface area contributed by atoms with E-state index in [1.54, 1.807) is 6.07 Å². The zero-order valence-corrected chi connectivity index (χ0v) is 7.67. The Hall–Kier alpha value is -0.960. The molecule has 0 bridgehead atoms. The van der Waals surface area contributed by atoms with Gasteiger partial charge in [-0.2, -0.15) is 0 Å². The third-order valence-corrected chi connectivity index (χ3v) is 2.58. The summed E-state index contributed by atoms with van der Waals surface area (Å²) < 4.78 is 5.21. The van der Waals surface area contributed by atoms with Crippen molar-refractivity contribution in [2.24, 2.45) is 0 Å². The highest BCUT2D eigenvalue weighted by molar-refractivity contribution is 6.29. The number of rotatable bonds is 2. The molecule has 0 saturated carbocycles. The summed E-state index contributed by atoms with van der Waals surface area (Å²) in [4.78, 5) is 10.5. The Morgan fingerprint density at radius 2 is 2.54 bits per heavy atom. The average Bonchev–Trinajstić information content (AvgIpc) is 2.51. The first-order valence-electron chi connectivity index (χ1n) is 4.16. The van der Waals surface area contributed by atoms with E-state index in [9.17, 15) is 4.79 Å². The van der Waals surface area contributed by atoms with Gasteiger partial charge >= 0.3 is 5.97 Å². The molecule has 1 aromatic heterocycles. The number of furan rings is 1. The third kappa shape index (κ3) is 1.56. The highest BCUT2D eigenvalue weighted by Gasteiger charge is 2.28. The van der Waals surface area contributed by atoms with Crippen LogP contribution in [-0.4, -0.2) is 11.1 Å². The quantitative estimate of drug-likeness (QED) is 0.798. The molecule has 0 spiro atoms. The minimum absolute atomic E-state index is 0.0868. The van der Waals surface area contributed by atoms with E-state index < -0.39 is 5.97 Å². The summed E-state index contributed by atoms with van der Waals surface area (Å²) in [5, 5.41) is 9.00.